The molecule has 5 rings (SSSR count). The summed E-state index contributed by atoms with van der Waals surface area (Å²) in [6.45, 7) is 1.29. The predicted molar refractivity (Wildman–Crippen MR) is 123 cm³/mol. The molecular weight excluding hydrogens is 409 g/mol. The van der Waals surface area contributed by atoms with Gasteiger partial charge < -0.3 is 15.1 Å². The highest BCUT2D eigenvalue weighted by Crippen LogP contribution is 2.36. The minimum Gasteiger partial charge on any atom is -0.348 e. The van der Waals surface area contributed by atoms with Gasteiger partial charge in [-0.2, -0.15) is 4.98 Å². The van der Waals surface area contributed by atoms with Crippen molar-refractivity contribution in [2.45, 2.75) is 44.3 Å². The zero-order valence-corrected chi connectivity index (χ0v) is 18.0. The highest BCUT2D eigenvalue weighted by molar-refractivity contribution is 6.33. The molecule has 1 fully saturated rings. The summed E-state index contributed by atoms with van der Waals surface area (Å²) in [5.74, 6) is 1.19. The molecule has 1 aromatic heterocycles. The fourth-order valence-electron chi connectivity index (χ4n) is 4.48. The Morgan fingerprint density at radius 3 is 2.88 bits per heavy atom. The van der Waals surface area contributed by atoms with E-state index in [1.807, 2.05) is 0 Å². The van der Waals surface area contributed by atoms with Crippen LogP contribution in [0.1, 0.15) is 31.2 Å². The summed E-state index contributed by atoms with van der Waals surface area (Å²) in [6.07, 6.45) is 8.02. The van der Waals surface area contributed by atoms with Crippen LogP contribution in [0.25, 0.3) is 0 Å². The second kappa shape index (κ2) is 8.64. The van der Waals surface area contributed by atoms with Crippen molar-refractivity contribution in [3.8, 4) is 0 Å². The van der Waals surface area contributed by atoms with E-state index in [0.717, 1.165) is 55.0 Å². The first kappa shape index (κ1) is 20.5. The fourth-order valence-corrected chi connectivity index (χ4v) is 4.48. The Morgan fingerprint density at radius 1 is 1.19 bits per heavy atom. The number of nitrogens with one attached hydrogen (secondary N) is 1. The van der Waals surface area contributed by atoms with E-state index in [1.54, 1.807) is 36.5 Å². The molecule has 1 amide bonds. The molecule has 8 nitrogen and oxygen atoms in total. The number of hydrogen-bond donors (Lipinski definition) is 1. The summed E-state index contributed by atoms with van der Waals surface area (Å²) in [6, 6.07) is 6.28. The van der Waals surface area contributed by atoms with Gasteiger partial charge in [-0.3, -0.25) is 14.8 Å². The fraction of sp³-hybridized carbons (Fsp3) is 0.435. The Morgan fingerprint density at radius 2 is 2.03 bits per heavy atom. The van der Waals surface area contributed by atoms with Crippen LogP contribution in [0.15, 0.2) is 40.4 Å². The van der Waals surface area contributed by atoms with Crippen LogP contribution in [0, 0.1) is 5.82 Å². The summed E-state index contributed by atoms with van der Waals surface area (Å²) in [5.41, 5.74) is 2.56. The van der Waals surface area contributed by atoms with E-state index in [2.05, 4.69) is 25.2 Å². The van der Waals surface area contributed by atoms with Gasteiger partial charge in [0, 0.05) is 26.2 Å². The largest absolute Gasteiger partial charge is 0.348 e. The average Bonchev–Trinajstić information content (AvgIpc) is 3.10. The minimum absolute atomic E-state index is 0.118. The predicted octanol–water partition coefficient (Wildman–Crippen LogP) is 2.85. The van der Waals surface area contributed by atoms with Gasteiger partial charge in [0.05, 0.1) is 18.5 Å². The summed E-state index contributed by atoms with van der Waals surface area (Å²) >= 11 is 0. The Balaban J connectivity index is 1.27. The number of benzene rings is 1. The summed E-state index contributed by atoms with van der Waals surface area (Å²) in [7, 11) is 1.80. The van der Waals surface area contributed by atoms with Gasteiger partial charge in [0.15, 0.2) is 5.82 Å². The van der Waals surface area contributed by atoms with E-state index < -0.39 is 0 Å². The number of hydrogen-bond acceptors (Lipinski definition) is 7. The number of aliphatic imine (C=N–C) groups is 2. The number of aromatic nitrogens is 2. The van der Waals surface area contributed by atoms with Crippen molar-refractivity contribution in [1.82, 2.24) is 9.97 Å². The van der Waals surface area contributed by atoms with Gasteiger partial charge in [0.25, 0.3) is 0 Å². The van der Waals surface area contributed by atoms with E-state index in [1.165, 1.54) is 12.1 Å². The Kier molecular flexibility index (Phi) is 5.55. The standard InChI is InChI=1S/C23H26FN7O/c1-30-19-14-27-23(29-21(19)31-10-4-2-3-5-18(31)22(30)32)26-13-17-12-25-20(28-17)11-15-6-8-16(24)9-7-15/h6-9,12,14,18,20H,2-5,10-11,13H2,1H3,(H,26,27,29). The monoisotopic (exact) mass is 435 g/mol. The van der Waals surface area contributed by atoms with Crippen molar-refractivity contribution in [2.75, 3.05) is 35.3 Å². The SMILES string of the molecule is CN1C(=O)C2CCCCCN2c2nc(NCC3=NC(Cc4ccc(F)cc4)N=C3)ncc21. The van der Waals surface area contributed by atoms with E-state index in [0.29, 0.717) is 18.9 Å². The van der Waals surface area contributed by atoms with Crippen molar-refractivity contribution in [3.05, 3.63) is 41.8 Å². The van der Waals surface area contributed by atoms with Crippen molar-refractivity contribution < 1.29 is 9.18 Å². The van der Waals surface area contributed by atoms with E-state index in [4.69, 9.17) is 4.98 Å². The van der Waals surface area contributed by atoms with E-state index in [-0.39, 0.29) is 23.9 Å². The lowest BCUT2D eigenvalue weighted by Gasteiger charge is -2.39. The molecule has 1 aromatic carbocycles. The molecule has 2 unspecified atom stereocenters. The second-order valence-corrected chi connectivity index (χ2v) is 8.42. The third-order valence-electron chi connectivity index (χ3n) is 6.22. The number of likely N-dealkylation sites (N-methyl/N-ethyl adjacent to an activating group) is 1. The first-order valence-electron chi connectivity index (χ1n) is 11.1. The number of anilines is 3. The number of carbonyl (C=O) groups is 1. The topological polar surface area (TPSA) is 86.1 Å². The lowest BCUT2D eigenvalue weighted by atomic mass is 10.1. The first-order valence-corrected chi connectivity index (χ1v) is 11.1. The molecule has 2 atom stereocenters. The van der Waals surface area contributed by atoms with Gasteiger partial charge in [-0.25, -0.2) is 9.37 Å². The van der Waals surface area contributed by atoms with Crippen LogP contribution in [-0.4, -0.2) is 60.1 Å². The molecule has 0 aliphatic carbocycles. The third kappa shape index (κ3) is 4.06. The van der Waals surface area contributed by atoms with Gasteiger partial charge in [0.2, 0.25) is 11.9 Å². The zero-order chi connectivity index (χ0) is 22.1. The van der Waals surface area contributed by atoms with Crippen LogP contribution in [0.3, 0.4) is 0 Å². The van der Waals surface area contributed by atoms with Gasteiger partial charge in [0.1, 0.15) is 23.7 Å². The number of halogens is 1. The Hall–Kier alpha value is -3.36. The van der Waals surface area contributed by atoms with Crippen molar-refractivity contribution in [3.63, 3.8) is 0 Å². The molecule has 0 spiro atoms. The highest BCUT2D eigenvalue weighted by Gasteiger charge is 2.38. The Bertz CT molecular complexity index is 1070. The van der Waals surface area contributed by atoms with Crippen LogP contribution in [0.2, 0.25) is 0 Å². The molecule has 0 radical (unpaired) electrons. The highest BCUT2D eigenvalue weighted by atomic mass is 19.1. The van der Waals surface area contributed by atoms with E-state index in [9.17, 15) is 9.18 Å². The zero-order valence-electron chi connectivity index (χ0n) is 18.0. The van der Waals surface area contributed by atoms with Crippen LogP contribution in [0.5, 0.6) is 0 Å². The number of carbonyl (C=O) groups excluding carboxylic acids is 1. The maximum atomic E-state index is 13.1. The molecule has 9 heteroatoms. The second-order valence-electron chi connectivity index (χ2n) is 8.42. The minimum atomic E-state index is -0.246. The molecule has 1 saturated heterocycles. The molecule has 0 bridgehead atoms. The van der Waals surface area contributed by atoms with E-state index >= 15 is 0 Å². The maximum absolute atomic E-state index is 13.1. The molecule has 3 aliphatic heterocycles. The summed E-state index contributed by atoms with van der Waals surface area (Å²) in [5, 5.41) is 3.24. The molecule has 1 N–H and O–H groups in total. The number of amides is 1. The number of fused-ring (bicyclic) bond motifs is 3. The Labute approximate surface area is 186 Å². The van der Waals surface area contributed by atoms with Crippen LogP contribution in [0.4, 0.5) is 21.8 Å². The molecule has 3 aliphatic rings. The molecule has 166 valence electrons. The van der Waals surface area contributed by atoms with Gasteiger partial charge in [-0.1, -0.05) is 25.0 Å². The lowest BCUT2D eigenvalue weighted by Crippen LogP contribution is -2.52. The first-order chi connectivity index (χ1) is 15.6. The van der Waals surface area contributed by atoms with Gasteiger partial charge in [-0.05, 0) is 30.5 Å². The van der Waals surface area contributed by atoms with Crippen molar-refractivity contribution >= 4 is 35.3 Å². The van der Waals surface area contributed by atoms with Crippen LogP contribution in [-0.2, 0) is 11.2 Å². The maximum Gasteiger partial charge on any atom is 0.249 e. The number of nitrogens with zero attached hydrogens (tertiary/aromatic N) is 6. The van der Waals surface area contributed by atoms with Gasteiger partial charge >= 0.3 is 0 Å². The van der Waals surface area contributed by atoms with Crippen LogP contribution >= 0.6 is 0 Å². The third-order valence-corrected chi connectivity index (χ3v) is 6.22. The lowest BCUT2D eigenvalue weighted by molar-refractivity contribution is -0.120. The molecule has 2 aromatic rings. The summed E-state index contributed by atoms with van der Waals surface area (Å²) < 4.78 is 13.1. The normalized spacial score (nSPS) is 22.3. The molecule has 32 heavy (non-hydrogen) atoms. The quantitative estimate of drug-likeness (QED) is 0.781. The van der Waals surface area contributed by atoms with Crippen molar-refractivity contribution in [2.24, 2.45) is 9.98 Å². The average molecular weight is 436 g/mol. The molecular formula is C23H26FN7O. The van der Waals surface area contributed by atoms with Crippen molar-refractivity contribution in [1.29, 1.82) is 0 Å². The number of rotatable bonds is 5. The summed E-state index contributed by atoms with van der Waals surface area (Å²) in [4.78, 5) is 34.9. The van der Waals surface area contributed by atoms with Crippen LogP contribution < -0.4 is 15.1 Å². The molecule has 4 heterocycles. The smallest absolute Gasteiger partial charge is 0.249 e. The molecule has 0 saturated carbocycles. The van der Waals surface area contributed by atoms with Gasteiger partial charge in [-0.15, -0.1) is 0 Å².